The molecule has 0 spiro atoms. The van der Waals surface area contributed by atoms with Crippen molar-refractivity contribution in [2.75, 3.05) is 0 Å². The first-order valence-electron chi connectivity index (χ1n) is 5.47. The van der Waals surface area contributed by atoms with Crippen LogP contribution in [0, 0.1) is 5.82 Å². The van der Waals surface area contributed by atoms with E-state index in [9.17, 15) is 4.39 Å². The maximum absolute atomic E-state index is 13.5. The van der Waals surface area contributed by atoms with Gasteiger partial charge in [-0.1, -0.05) is 25.4 Å². The van der Waals surface area contributed by atoms with Crippen molar-refractivity contribution in [1.29, 1.82) is 0 Å². The van der Waals surface area contributed by atoms with Crippen LogP contribution in [0.25, 0.3) is 10.8 Å². The van der Waals surface area contributed by atoms with Gasteiger partial charge in [0, 0.05) is 11.6 Å². The molecule has 0 aliphatic heterocycles. The quantitative estimate of drug-likeness (QED) is 0.582. The molecule has 1 aromatic heterocycles. The second-order valence-corrected chi connectivity index (χ2v) is 3.64. The monoisotopic (exact) mass is 289 g/mol. The van der Waals surface area contributed by atoms with Crippen LogP contribution in [0.4, 0.5) is 4.39 Å². The van der Waals surface area contributed by atoms with Crippen molar-refractivity contribution in [3.05, 3.63) is 35.4 Å². The van der Waals surface area contributed by atoms with E-state index in [0.717, 1.165) is 12.1 Å². The fourth-order valence-electron chi connectivity index (χ4n) is 1.36. The summed E-state index contributed by atoms with van der Waals surface area (Å²) in [6.07, 6.45) is -2.04. The summed E-state index contributed by atoms with van der Waals surface area (Å²) in [4.78, 5) is 3.76. The third kappa shape index (κ3) is 4.00. The van der Waals surface area contributed by atoms with E-state index in [-0.39, 0.29) is 5.15 Å². The van der Waals surface area contributed by atoms with E-state index < -0.39 is 17.7 Å². The lowest BCUT2D eigenvalue weighted by atomic mass is 10.1. The predicted molar refractivity (Wildman–Crippen MR) is 68.1 cm³/mol. The van der Waals surface area contributed by atoms with E-state index in [1.54, 1.807) is 0 Å². The van der Waals surface area contributed by atoms with Crippen molar-refractivity contribution in [2.24, 2.45) is 0 Å². The van der Waals surface area contributed by atoms with Gasteiger partial charge in [0.15, 0.2) is 11.6 Å². The highest BCUT2D eigenvalue weighted by Gasteiger charge is 2.23. The van der Waals surface area contributed by atoms with Crippen LogP contribution in [-0.4, -0.2) is 26.5 Å². The Morgan fingerprint density at radius 1 is 1.26 bits per heavy atom. The van der Waals surface area contributed by atoms with Crippen molar-refractivity contribution >= 4 is 22.4 Å². The number of halogens is 2. The largest absolute Gasteiger partial charge is 0.453 e. The highest BCUT2D eigenvalue weighted by atomic mass is 35.5. The molecule has 7 heteroatoms. The zero-order valence-electron chi connectivity index (χ0n) is 10.3. The van der Waals surface area contributed by atoms with Crippen LogP contribution >= 0.6 is 11.6 Å². The van der Waals surface area contributed by atoms with E-state index >= 15 is 0 Å². The van der Waals surface area contributed by atoms with Crippen LogP contribution in [-0.2, 0) is 0 Å². The number of hydrogen-bond acceptors (Lipinski definition) is 5. The minimum absolute atomic E-state index is 0.108. The van der Waals surface area contributed by atoms with Gasteiger partial charge in [0.25, 0.3) is 0 Å². The summed E-state index contributed by atoms with van der Waals surface area (Å²) in [5.74, 6) is -1.43. The minimum Gasteiger partial charge on any atom is -0.414 e. The summed E-state index contributed by atoms with van der Waals surface area (Å²) in [6, 6.07) is 3.71. The molecule has 3 N–H and O–H groups in total. The maximum atomic E-state index is 13.5. The molecule has 0 atom stereocenters. The molecule has 5 nitrogen and oxygen atoms in total. The van der Waals surface area contributed by atoms with Gasteiger partial charge in [-0.15, -0.1) is 0 Å². The summed E-state index contributed by atoms with van der Waals surface area (Å²) < 4.78 is 17.7. The fraction of sp³-hybridized carbons (Fsp3) is 0.250. The van der Waals surface area contributed by atoms with E-state index in [1.165, 1.54) is 12.3 Å². The molecule has 0 saturated heterocycles. The number of aromatic nitrogens is 1. The van der Waals surface area contributed by atoms with Crippen LogP contribution in [0.1, 0.15) is 13.8 Å². The molecule has 0 saturated carbocycles. The summed E-state index contributed by atoms with van der Waals surface area (Å²) in [5, 5.41) is 26.7. The number of hydrogen-bond donors (Lipinski definition) is 3. The topological polar surface area (TPSA) is 82.8 Å². The van der Waals surface area contributed by atoms with Crippen LogP contribution in [0.15, 0.2) is 24.4 Å². The SMILES string of the molecule is CC.OC(O)(O)Oc1cc2ccnc(Cl)c2cc1F. The summed E-state index contributed by atoms with van der Waals surface area (Å²) >= 11 is 5.75. The molecule has 1 heterocycles. The third-order valence-electron chi connectivity index (χ3n) is 2.02. The number of fused-ring (bicyclic) bond motifs is 1. The number of ether oxygens (including phenoxy) is 1. The van der Waals surface area contributed by atoms with Crippen molar-refractivity contribution < 1.29 is 24.4 Å². The average molecular weight is 290 g/mol. The lowest BCUT2D eigenvalue weighted by Gasteiger charge is -2.16. The van der Waals surface area contributed by atoms with Gasteiger partial charge in [-0.05, 0) is 23.6 Å². The van der Waals surface area contributed by atoms with Gasteiger partial charge in [-0.2, -0.15) is 0 Å². The highest BCUT2D eigenvalue weighted by Crippen LogP contribution is 2.29. The summed E-state index contributed by atoms with van der Waals surface area (Å²) in [7, 11) is 0. The Morgan fingerprint density at radius 2 is 1.89 bits per heavy atom. The Labute approximate surface area is 113 Å². The fourth-order valence-corrected chi connectivity index (χ4v) is 1.58. The molecule has 2 rings (SSSR count). The predicted octanol–water partition coefficient (Wildman–Crippen LogP) is 2.02. The Kier molecular flexibility index (Phi) is 5.02. The Balaban J connectivity index is 0.000000861. The average Bonchev–Trinajstić information content (AvgIpc) is 2.32. The van der Waals surface area contributed by atoms with Gasteiger partial charge in [-0.25, -0.2) is 9.37 Å². The first-order chi connectivity index (χ1) is 8.87. The van der Waals surface area contributed by atoms with Crippen LogP contribution in [0.2, 0.25) is 5.15 Å². The lowest BCUT2D eigenvalue weighted by Crippen LogP contribution is -2.34. The molecule has 0 bridgehead atoms. The second-order valence-electron chi connectivity index (χ2n) is 3.28. The van der Waals surface area contributed by atoms with Crippen LogP contribution < -0.4 is 4.74 Å². The minimum atomic E-state index is -3.44. The van der Waals surface area contributed by atoms with Gasteiger partial charge >= 0.3 is 6.16 Å². The summed E-state index contributed by atoms with van der Waals surface area (Å²) in [5.41, 5.74) is 0. The van der Waals surface area contributed by atoms with E-state index in [4.69, 9.17) is 26.9 Å². The molecule has 2 aromatic rings. The first kappa shape index (κ1) is 15.6. The number of benzene rings is 1. The van der Waals surface area contributed by atoms with E-state index in [1.807, 2.05) is 13.8 Å². The van der Waals surface area contributed by atoms with Gasteiger partial charge in [-0.3, -0.25) is 0 Å². The van der Waals surface area contributed by atoms with Crippen molar-refractivity contribution in [3.8, 4) is 5.75 Å². The molecule has 0 unspecified atom stereocenters. The van der Waals surface area contributed by atoms with Gasteiger partial charge in [0.2, 0.25) is 0 Å². The summed E-state index contributed by atoms with van der Waals surface area (Å²) in [6.45, 7) is 4.00. The van der Waals surface area contributed by atoms with E-state index in [0.29, 0.717) is 10.8 Å². The Bertz CT molecular complexity index is 571. The molecule has 104 valence electrons. The van der Waals surface area contributed by atoms with Crippen molar-refractivity contribution in [2.45, 2.75) is 20.0 Å². The van der Waals surface area contributed by atoms with Crippen LogP contribution in [0.3, 0.4) is 0 Å². The second kappa shape index (κ2) is 6.12. The van der Waals surface area contributed by atoms with Crippen LogP contribution in [0.5, 0.6) is 5.75 Å². The molecule has 19 heavy (non-hydrogen) atoms. The molecule has 0 fully saturated rings. The van der Waals surface area contributed by atoms with Gasteiger partial charge in [0.05, 0.1) is 0 Å². The molecule has 0 amide bonds. The number of nitrogens with zero attached hydrogens (tertiary/aromatic N) is 1. The Morgan fingerprint density at radius 3 is 2.47 bits per heavy atom. The Hall–Kier alpha value is -1.47. The zero-order valence-corrected chi connectivity index (χ0v) is 11.0. The lowest BCUT2D eigenvalue weighted by molar-refractivity contribution is -0.420. The standard InChI is InChI=1S/C10H7ClFNO4.C2H6/c11-9-6-4-7(12)8(17-10(14,15)16)3-5(6)1-2-13-9;1-2/h1-4,14-16H;1-2H3. The molecule has 0 radical (unpaired) electrons. The van der Waals surface area contributed by atoms with Crippen molar-refractivity contribution in [1.82, 2.24) is 4.98 Å². The number of aliphatic hydroxyl groups is 3. The zero-order chi connectivity index (χ0) is 14.6. The van der Waals surface area contributed by atoms with Gasteiger partial charge < -0.3 is 20.1 Å². The van der Waals surface area contributed by atoms with Crippen molar-refractivity contribution in [3.63, 3.8) is 0 Å². The van der Waals surface area contributed by atoms with E-state index in [2.05, 4.69) is 9.72 Å². The molecule has 1 aromatic carbocycles. The highest BCUT2D eigenvalue weighted by molar-refractivity contribution is 6.34. The first-order valence-corrected chi connectivity index (χ1v) is 5.84. The number of rotatable bonds is 2. The number of pyridine rings is 1. The van der Waals surface area contributed by atoms with Gasteiger partial charge in [0.1, 0.15) is 5.15 Å². The molecule has 0 aliphatic carbocycles. The normalized spacial score (nSPS) is 10.9. The maximum Gasteiger partial charge on any atom is 0.453 e. The molecule has 0 aliphatic rings. The molecular weight excluding hydrogens is 277 g/mol. The molecular formula is C12H13ClFNO4. The smallest absolute Gasteiger partial charge is 0.414 e. The third-order valence-corrected chi connectivity index (χ3v) is 2.32.